The molecule has 1 amide bonds. The molecule has 0 saturated heterocycles. The van der Waals surface area contributed by atoms with Gasteiger partial charge in [-0.2, -0.15) is 5.10 Å². The summed E-state index contributed by atoms with van der Waals surface area (Å²) in [7, 11) is 3.90. The van der Waals surface area contributed by atoms with Crippen LogP contribution in [0.4, 0.5) is 5.69 Å². The number of amides is 1. The predicted octanol–water partition coefficient (Wildman–Crippen LogP) is 1.45. The first-order chi connectivity index (χ1) is 8.16. The molecule has 17 heavy (non-hydrogen) atoms. The van der Waals surface area contributed by atoms with Crippen molar-refractivity contribution in [3.05, 3.63) is 24.4 Å². The van der Waals surface area contributed by atoms with Crippen molar-refractivity contribution in [1.29, 1.82) is 0 Å². The average molecular weight is 232 g/mol. The molecule has 0 atom stereocenters. The number of H-pyrrole nitrogens is 1. The smallest absolute Gasteiger partial charge is 0.225 e. The third kappa shape index (κ3) is 2.82. The minimum atomic E-state index is 0.0207. The number of carbonyl (C=O) groups is 1. The van der Waals surface area contributed by atoms with Crippen molar-refractivity contribution in [2.45, 2.75) is 6.42 Å². The van der Waals surface area contributed by atoms with Crippen LogP contribution in [0.1, 0.15) is 6.42 Å². The first-order valence-electron chi connectivity index (χ1n) is 5.53. The van der Waals surface area contributed by atoms with Crippen LogP contribution in [0.3, 0.4) is 0 Å². The lowest BCUT2D eigenvalue weighted by Gasteiger charge is -2.10. The van der Waals surface area contributed by atoms with Gasteiger partial charge < -0.3 is 10.2 Å². The van der Waals surface area contributed by atoms with Crippen molar-refractivity contribution >= 4 is 22.5 Å². The lowest BCUT2D eigenvalue weighted by atomic mass is 10.2. The number of hydrogen-bond donors (Lipinski definition) is 2. The lowest BCUT2D eigenvalue weighted by molar-refractivity contribution is -0.116. The van der Waals surface area contributed by atoms with Crippen LogP contribution in [-0.4, -0.2) is 41.6 Å². The van der Waals surface area contributed by atoms with E-state index in [1.54, 1.807) is 6.20 Å². The summed E-state index contributed by atoms with van der Waals surface area (Å²) in [6.07, 6.45) is 2.21. The van der Waals surface area contributed by atoms with Gasteiger partial charge in [-0.05, 0) is 26.2 Å². The minimum absolute atomic E-state index is 0.0207. The van der Waals surface area contributed by atoms with Gasteiger partial charge in [0.05, 0.1) is 17.4 Å². The van der Waals surface area contributed by atoms with E-state index >= 15 is 0 Å². The SMILES string of the molecule is CN(C)CCC(=O)Nc1cccc2[nH]ncc12. The van der Waals surface area contributed by atoms with Crippen molar-refractivity contribution in [2.75, 3.05) is 26.0 Å². The van der Waals surface area contributed by atoms with Crippen LogP contribution in [0.25, 0.3) is 10.9 Å². The maximum absolute atomic E-state index is 11.7. The Hall–Kier alpha value is -1.88. The summed E-state index contributed by atoms with van der Waals surface area (Å²) in [5.74, 6) is 0.0207. The molecule has 0 spiro atoms. The van der Waals surface area contributed by atoms with Gasteiger partial charge in [0, 0.05) is 18.4 Å². The van der Waals surface area contributed by atoms with E-state index in [1.807, 2.05) is 37.2 Å². The molecule has 5 nitrogen and oxygen atoms in total. The van der Waals surface area contributed by atoms with Crippen molar-refractivity contribution in [2.24, 2.45) is 0 Å². The van der Waals surface area contributed by atoms with Gasteiger partial charge in [0.1, 0.15) is 0 Å². The highest BCUT2D eigenvalue weighted by molar-refractivity contribution is 6.00. The van der Waals surface area contributed by atoms with E-state index in [0.717, 1.165) is 23.1 Å². The van der Waals surface area contributed by atoms with Gasteiger partial charge in [-0.15, -0.1) is 0 Å². The Morgan fingerprint density at radius 2 is 2.29 bits per heavy atom. The third-order valence-corrected chi connectivity index (χ3v) is 2.54. The highest BCUT2D eigenvalue weighted by Crippen LogP contribution is 2.20. The number of nitrogens with one attached hydrogen (secondary N) is 2. The molecule has 1 heterocycles. The second-order valence-electron chi connectivity index (χ2n) is 4.24. The number of aromatic amines is 1. The molecular weight excluding hydrogens is 216 g/mol. The van der Waals surface area contributed by atoms with E-state index in [9.17, 15) is 4.79 Å². The fraction of sp³-hybridized carbons (Fsp3) is 0.333. The van der Waals surface area contributed by atoms with E-state index in [0.29, 0.717) is 6.42 Å². The van der Waals surface area contributed by atoms with Crippen molar-refractivity contribution in [1.82, 2.24) is 15.1 Å². The highest BCUT2D eigenvalue weighted by atomic mass is 16.1. The van der Waals surface area contributed by atoms with Gasteiger partial charge in [0.15, 0.2) is 0 Å². The molecule has 0 bridgehead atoms. The minimum Gasteiger partial charge on any atom is -0.325 e. The zero-order valence-electron chi connectivity index (χ0n) is 10.0. The molecular formula is C12H16N4O. The molecule has 0 radical (unpaired) electrons. The number of carbonyl (C=O) groups excluding carboxylic acids is 1. The van der Waals surface area contributed by atoms with Crippen LogP contribution >= 0.6 is 0 Å². The Morgan fingerprint density at radius 1 is 1.47 bits per heavy atom. The molecule has 0 aliphatic rings. The van der Waals surface area contributed by atoms with Crippen LogP contribution in [0.5, 0.6) is 0 Å². The van der Waals surface area contributed by atoms with E-state index in [-0.39, 0.29) is 5.91 Å². The van der Waals surface area contributed by atoms with E-state index in [1.165, 1.54) is 0 Å². The Morgan fingerprint density at radius 3 is 3.06 bits per heavy atom. The van der Waals surface area contributed by atoms with Crippen LogP contribution in [0.15, 0.2) is 24.4 Å². The number of rotatable bonds is 4. The van der Waals surface area contributed by atoms with Crippen LogP contribution in [0.2, 0.25) is 0 Å². The van der Waals surface area contributed by atoms with Gasteiger partial charge in [0.2, 0.25) is 5.91 Å². The Bertz CT molecular complexity index is 518. The largest absolute Gasteiger partial charge is 0.325 e. The van der Waals surface area contributed by atoms with Crippen molar-refractivity contribution in [3.8, 4) is 0 Å². The standard InChI is InChI=1S/C12H16N4O/c1-16(2)7-6-12(17)14-10-4-3-5-11-9(10)8-13-15-11/h3-5,8H,6-7H2,1-2H3,(H,13,15)(H,14,17). The maximum Gasteiger partial charge on any atom is 0.225 e. The van der Waals surface area contributed by atoms with E-state index in [4.69, 9.17) is 0 Å². The van der Waals surface area contributed by atoms with Crippen molar-refractivity contribution in [3.63, 3.8) is 0 Å². The van der Waals surface area contributed by atoms with Gasteiger partial charge in [-0.25, -0.2) is 0 Å². The van der Waals surface area contributed by atoms with Gasteiger partial charge in [-0.3, -0.25) is 9.89 Å². The quantitative estimate of drug-likeness (QED) is 0.838. The zero-order valence-corrected chi connectivity index (χ0v) is 10.0. The molecule has 0 unspecified atom stereocenters. The molecule has 1 aromatic heterocycles. The number of hydrogen-bond acceptors (Lipinski definition) is 3. The summed E-state index contributed by atoms with van der Waals surface area (Å²) < 4.78 is 0. The van der Waals surface area contributed by atoms with Crippen LogP contribution < -0.4 is 5.32 Å². The topological polar surface area (TPSA) is 61.0 Å². The molecule has 90 valence electrons. The fourth-order valence-corrected chi connectivity index (χ4v) is 1.62. The third-order valence-electron chi connectivity index (χ3n) is 2.54. The number of aromatic nitrogens is 2. The van der Waals surface area contributed by atoms with Gasteiger partial charge in [0.25, 0.3) is 0 Å². The molecule has 0 saturated carbocycles. The Kier molecular flexibility index (Phi) is 3.39. The normalized spacial score (nSPS) is 11.0. The molecule has 2 rings (SSSR count). The molecule has 5 heteroatoms. The Balaban J connectivity index is 2.08. The zero-order chi connectivity index (χ0) is 12.3. The highest BCUT2D eigenvalue weighted by Gasteiger charge is 2.06. The average Bonchev–Trinajstić information content (AvgIpc) is 2.75. The summed E-state index contributed by atoms with van der Waals surface area (Å²) in [5.41, 5.74) is 1.73. The molecule has 2 aromatic rings. The Labute approximate surface area is 99.8 Å². The number of fused-ring (bicyclic) bond motifs is 1. The molecule has 0 aliphatic carbocycles. The number of anilines is 1. The summed E-state index contributed by atoms with van der Waals surface area (Å²) in [6.45, 7) is 0.743. The molecule has 1 aromatic carbocycles. The second kappa shape index (κ2) is 4.97. The first kappa shape index (κ1) is 11.6. The lowest BCUT2D eigenvalue weighted by Crippen LogP contribution is -2.20. The summed E-state index contributed by atoms with van der Waals surface area (Å²) in [5, 5.41) is 10.7. The molecule has 2 N–H and O–H groups in total. The van der Waals surface area contributed by atoms with Crippen molar-refractivity contribution < 1.29 is 4.79 Å². The van der Waals surface area contributed by atoms with Crippen LogP contribution in [-0.2, 0) is 4.79 Å². The van der Waals surface area contributed by atoms with E-state index in [2.05, 4.69) is 15.5 Å². The van der Waals surface area contributed by atoms with E-state index < -0.39 is 0 Å². The summed E-state index contributed by atoms with van der Waals surface area (Å²) >= 11 is 0. The molecule has 0 fully saturated rings. The number of nitrogens with zero attached hydrogens (tertiary/aromatic N) is 2. The molecule has 0 aliphatic heterocycles. The maximum atomic E-state index is 11.7. The van der Waals surface area contributed by atoms with Gasteiger partial charge >= 0.3 is 0 Å². The predicted molar refractivity (Wildman–Crippen MR) is 67.9 cm³/mol. The van der Waals surface area contributed by atoms with Crippen LogP contribution in [0, 0.1) is 0 Å². The summed E-state index contributed by atoms with van der Waals surface area (Å²) in [4.78, 5) is 13.7. The number of benzene rings is 1. The second-order valence-corrected chi connectivity index (χ2v) is 4.24. The van der Waals surface area contributed by atoms with Gasteiger partial charge in [-0.1, -0.05) is 6.07 Å². The summed E-state index contributed by atoms with van der Waals surface area (Å²) in [6, 6.07) is 5.70. The first-order valence-corrected chi connectivity index (χ1v) is 5.53. The fourth-order valence-electron chi connectivity index (χ4n) is 1.62. The monoisotopic (exact) mass is 232 g/mol.